The largest absolute Gasteiger partial charge is 0.320 e. The lowest BCUT2D eigenvalue weighted by molar-refractivity contribution is 0.116. The molecule has 2 heterocycles. The van der Waals surface area contributed by atoms with Crippen molar-refractivity contribution in [3.8, 4) is 0 Å². The lowest BCUT2D eigenvalue weighted by atomic mass is 9.94. The van der Waals surface area contributed by atoms with Gasteiger partial charge in [0.05, 0.1) is 10.9 Å². The number of carbonyl (C=O) groups is 1. The Hall–Kier alpha value is -1.60. The SMILES string of the molecule is CS(=O)(=O)c1ccc(CN2CCN3C(=O)N(C4CCCCC4)C[C@H]3C2)cc1. The van der Waals surface area contributed by atoms with E-state index >= 15 is 0 Å². The number of piperazine rings is 1. The minimum atomic E-state index is -3.15. The minimum Gasteiger partial charge on any atom is -0.320 e. The Labute approximate surface area is 162 Å². The van der Waals surface area contributed by atoms with E-state index in [1.165, 1.54) is 25.5 Å². The highest BCUT2D eigenvalue weighted by Crippen LogP contribution is 2.29. The molecule has 7 heteroatoms. The fourth-order valence-corrected chi connectivity index (χ4v) is 5.37. The van der Waals surface area contributed by atoms with Crippen molar-refractivity contribution in [1.82, 2.24) is 14.7 Å². The van der Waals surface area contributed by atoms with Gasteiger partial charge in [0.2, 0.25) is 0 Å². The van der Waals surface area contributed by atoms with Crippen molar-refractivity contribution in [3.05, 3.63) is 29.8 Å². The predicted molar refractivity (Wildman–Crippen MR) is 104 cm³/mol. The van der Waals surface area contributed by atoms with Crippen LogP contribution >= 0.6 is 0 Å². The monoisotopic (exact) mass is 391 g/mol. The Morgan fingerprint density at radius 3 is 2.30 bits per heavy atom. The van der Waals surface area contributed by atoms with Gasteiger partial charge >= 0.3 is 6.03 Å². The van der Waals surface area contributed by atoms with Crippen molar-refractivity contribution >= 4 is 15.9 Å². The van der Waals surface area contributed by atoms with Gasteiger partial charge in [-0.05, 0) is 30.5 Å². The zero-order valence-electron chi connectivity index (χ0n) is 16.0. The first-order valence-electron chi connectivity index (χ1n) is 10.0. The third kappa shape index (κ3) is 3.99. The highest BCUT2D eigenvalue weighted by molar-refractivity contribution is 7.90. The number of nitrogens with zero attached hydrogens (tertiary/aromatic N) is 3. The van der Waals surface area contributed by atoms with Crippen molar-refractivity contribution in [1.29, 1.82) is 0 Å². The first kappa shape index (κ1) is 18.7. The lowest BCUT2D eigenvalue weighted by Crippen LogP contribution is -2.51. The molecule has 2 aliphatic heterocycles. The second kappa shape index (κ2) is 7.43. The lowest BCUT2D eigenvalue weighted by Gasteiger charge is -2.36. The van der Waals surface area contributed by atoms with Gasteiger partial charge < -0.3 is 9.80 Å². The van der Waals surface area contributed by atoms with Crippen LogP contribution < -0.4 is 0 Å². The van der Waals surface area contributed by atoms with E-state index in [0.717, 1.165) is 51.1 Å². The van der Waals surface area contributed by atoms with Crippen molar-refractivity contribution in [2.75, 3.05) is 32.4 Å². The van der Waals surface area contributed by atoms with Gasteiger partial charge in [0.25, 0.3) is 0 Å². The van der Waals surface area contributed by atoms with Gasteiger partial charge in [-0.25, -0.2) is 13.2 Å². The molecule has 0 bridgehead atoms. The van der Waals surface area contributed by atoms with Crippen molar-refractivity contribution in [2.45, 2.75) is 55.6 Å². The van der Waals surface area contributed by atoms with Crippen LogP contribution in [0.1, 0.15) is 37.7 Å². The third-order valence-electron chi connectivity index (χ3n) is 6.24. The number of urea groups is 1. The van der Waals surface area contributed by atoms with Crippen LogP contribution in [-0.4, -0.2) is 73.7 Å². The molecule has 3 aliphatic rings. The standard InChI is InChI=1S/C20H29N3O3S/c1-27(25,26)19-9-7-16(8-10-19)13-21-11-12-22-18(14-21)15-23(20(22)24)17-5-3-2-4-6-17/h7-10,17-18H,2-6,11-15H2,1H3/t18-/m1/s1. The molecule has 3 fully saturated rings. The van der Waals surface area contributed by atoms with Crippen molar-refractivity contribution in [2.24, 2.45) is 0 Å². The molecule has 0 unspecified atom stereocenters. The quantitative estimate of drug-likeness (QED) is 0.790. The number of carbonyl (C=O) groups excluding carboxylic acids is 1. The molecule has 0 radical (unpaired) electrons. The molecule has 1 atom stereocenters. The van der Waals surface area contributed by atoms with Crippen molar-refractivity contribution < 1.29 is 13.2 Å². The molecular weight excluding hydrogens is 362 g/mol. The molecule has 6 nitrogen and oxygen atoms in total. The molecule has 2 amide bonds. The molecule has 148 valence electrons. The maximum absolute atomic E-state index is 12.8. The van der Waals surface area contributed by atoms with Gasteiger partial charge in [-0.3, -0.25) is 4.90 Å². The van der Waals surface area contributed by atoms with E-state index in [9.17, 15) is 13.2 Å². The van der Waals surface area contributed by atoms with Gasteiger partial charge in [-0.2, -0.15) is 0 Å². The Bertz CT molecular complexity index is 787. The molecular formula is C20H29N3O3S. The molecule has 27 heavy (non-hydrogen) atoms. The average molecular weight is 392 g/mol. The zero-order valence-corrected chi connectivity index (χ0v) is 16.8. The summed E-state index contributed by atoms with van der Waals surface area (Å²) in [4.78, 5) is 19.8. The third-order valence-corrected chi connectivity index (χ3v) is 7.37. The Morgan fingerprint density at radius 2 is 1.63 bits per heavy atom. The van der Waals surface area contributed by atoms with E-state index in [2.05, 4.69) is 14.7 Å². The van der Waals surface area contributed by atoms with E-state index in [-0.39, 0.29) is 12.1 Å². The summed E-state index contributed by atoms with van der Waals surface area (Å²) in [6.07, 6.45) is 7.34. The summed E-state index contributed by atoms with van der Waals surface area (Å²) >= 11 is 0. The topological polar surface area (TPSA) is 60.9 Å². The van der Waals surface area contributed by atoms with Gasteiger partial charge in [-0.15, -0.1) is 0 Å². The van der Waals surface area contributed by atoms with E-state index in [1.54, 1.807) is 12.1 Å². The Kier molecular flexibility index (Phi) is 5.16. The Morgan fingerprint density at radius 1 is 0.926 bits per heavy atom. The molecule has 0 spiro atoms. The zero-order chi connectivity index (χ0) is 19.0. The molecule has 1 aromatic rings. The van der Waals surface area contributed by atoms with Crippen LogP contribution in [0.25, 0.3) is 0 Å². The van der Waals surface area contributed by atoms with Crippen LogP contribution in [0.4, 0.5) is 4.79 Å². The maximum atomic E-state index is 12.8. The summed E-state index contributed by atoms with van der Waals surface area (Å²) in [5.74, 6) is 0. The number of benzene rings is 1. The number of sulfone groups is 1. The summed E-state index contributed by atoms with van der Waals surface area (Å²) < 4.78 is 23.2. The number of hydrogen-bond donors (Lipinski definition) is 0. The highest BCUT2D eigenvalue weighted by Gasteiger charge is 2.43. The normalized spacial score (nSPS) is 25.1. The summed E-state index contributed by atoms with van der Waals surface area (Å²) in [5, 5.41) is 0. The van der Waals surface area contributed by atoms with Crippen LogP contribution in [-0.2, 0) is 16.4 Å². The number of hydrogen-bond acceptors (Lipinski definition) is 4. The first-order chi connectivity index (χ1) is 12.9. The predicted octanol–water partition coefficient (Wildman–Crippen LogP) is 2.34. The van der Waals surface area contributed by atoms with Gasteiger partial charge in [0, 0.05) is 45.0 Å². The van der Waals surface area contributed by atoms with Crippen LogP contribution in [0, 0.1) is 0 Å². The molecule has 0 N–H and O–H groups in total. The van der Waals surface area contributed by atoms with E-state index in [0.29, 0.717) is 10.9 Å². The molecule has 0 aromatic heterocycles. The molecule has 1 saturated carbocycles. The summed E-state index contributed by atoms with van der Waals surface area (Å²) in [7, 11) is -3.15. The van der Waals surface area contributed by atoms with Crippen LogP contribution in [0.5, 0.6) is 0 Å². The summed E-state index contributed by atoms with van der Waals surface area (Å²) in [5.41, 5.74) is 1.12. The minimum absolute atomic E-state index is 0.240. The van der Waals surface area contributed by atoms with Crippen molar-refractivity contribution in [3.63, 3.8) is 0 Å². The second-order valence-electron chi connectivity index (χ2n) is 8.23. The van der Waals surface area contributed by atoms with Gasteiger partial charge in [0.15, 0.2) is 9.84 Å². The first-order valence-corrected chi connectivity index (χ1v) is 11.9. The molecule has 1 aromatic carbocycles. The average Bonchev–Trinajstić information content (AvgIpc) is 2.98. The number of fused-ring (bicyclic) bond motifs is 1. The summed E-state index contributed by atoms with van der Waals surface area (Å²) in [6.45, 7) is 4.20. The number of rotatable bonds is 4. The smallest absolute Gasteiger partial charge is 0.320 e. The summed E-state index contributed by atoms with van der Waals surface area (Å²) in [6, 6.07) is 8.13. The fourth-order valence-electron chi connectivity index (χ4n) is 4.74. The molecule has 2 saturated heterocycles. The highest BCUT2D eigenvalue weighted by atomic mass is 32.2. The van der Waals surface area contributed by atoms with E-state index in [4.69, 9.17) is 0 Å². The molecule has 1 aliphatic carbocycles. The maximum Gasteiger partial charge on any atom is 0.320 e. The van der Waals surface area contributed by atoms with Gasteiger partial charge in [0.1, 0.15) is 0 Å². The fraction of sp³-hybridized carbons (Fsp3) is 0.650. The van der Waals surface area contributed by atoms with Crippen LogP contribution in [0.3, 0.4) is 0 Å². The van der Waals surface area contributed by atoms with E-state index < -0.39 is 9.84 Å². The van der Waals surface area contributed by atoms with Crippen LogP contribution in [0.2, 0.25) is 0 Å². The number of amides is 2. The molecule has 4 rings (SSSR count). The Balaban J connectivity index is 1.37. The van der Waals surface area contributed by atoms with Crippen LogP contribution in [0.15, 0.2) is 29.2 Å². The van der Waals surface area contributed by atoms with E-state index in [1.807, 2.05) is 12.1 Å². The second-order valence-corrected chi connectivity index (χ2v) is 10.2. The van der Waals surface area contributed by atoms with Gasteiger partial charge in [-0.1, -0.05) is 31.4 Å².